The summed E-state index contributed by atoms with van der Waals surface area (Å²) in [6.07, 6.45) is -10.1. The molecule has 3 amide bonds. The molecule has 4 aromatic rings. The highest BCUT2D eigenvalue weighted by molar-refractivity contribution is 5.99. The summed E-state index contributed by atoms with van der Waals surface area (Å²) in [6.45, 7) is 7.86. The van der Waals surface area contributed by atoms with Gasteiger partial charge >= 0.3 is 36.1 Å². The first-order chi connectivity index (χ1) is 35.2. The fraction of sp³-hybridized carbons (Fsp3) is 0.373. The van der Waals surface area contributed by atoms with Crippen LogP contribution in [0.1, 0.15) is 71.1 Å². The van der Waals surface area contributed by atoms with Gasteiger partial charge in [0.15, 0.2) is 12.2 Å². The van der Waals surface area contributed by atoms with Gasteiger partial charge in [-0.05, 0) is 64.9 Å². The average Bonchev–Trinajstić information content (AvgIpc) is 3.66. The van der Waals surface area contributed by atoms with Gasteiger partial charge < -0.3 is 58.6 Å². The SMILES string of the molecule is CC(=O)OC[C@@H]1O[C@H](Oc2cc(COC(=O)Oc3ccc([N+](=O)[O-])cc3)ccc2NC(=O)[C@H](C)NC(=O)[C@@H](NC(=O)OCC2c3ccccc3-c3ccccc32)C(C)C)[C@H](OC(C)=O)[C@@H](OC(C)=O)[C@H]1OC(C)=O. The van der Waals surface area contributed by atoms with Crippen molar-refractivity contribution >= 4 is 59.3 Å². The van der Waals surface area contributed by atoms with Gasteiger partial charge in [-0.1, -0.05) is 68.4 Å². The van der Waals surface area contributed by atoms with Crippen LogP contribution in [0.5, 0.6) is 11.5 Å². The maximum atomic E-state index is 13.9. The number of non-ortho nitro benzene ring substituents is 1. The summed E-state index contributed by atoms with van der Waals surface area (Å²) in [6, 6.07) is 21.8. The van der Waals surface area contributed by atoms with Gasteiger partial charge in [-0.2, -0.15) is 0 Å². The highest BCUT2D eigenvalue weighted by Gasteiger charge is 2.53. The second-order valence-corrected chi connectivity index (χ2v) is 17.3. The molecule has 23 nitrogen and oxygen atoms in total. The normalized spacial score (nSPS) is 18.4. The molecule has 7 atom stereocenters. The lowest BCUT2D eigenvalue weighted by molar-refractivity contribution is -0.384. The molecule has 74 heavy (non-hydrogen) atoms. The van der Waals surface area contributed by atoms with Crippen LogP contribution >= 0.6 is 0 Å². The molecular formula is C51H54N4O19. The molecule has 2 aliphatic rings. The Balaban J connectivity index is 1.22. The molecule has 3 N–H and O–H groups in total. The van der Waals surface area contributed by atoms with Crippen molar-refractivity contribution in [3.8, 4) is 22.6 Å². The molecule has 1 aliphatic heterocycles. The topological polar surface area (TPSA) is 299 Å². The van der Waals surface area contributed by atoms with Gasteiger partial charge in [0.2, 0.25) is 24.2 Å². The van der Waals surface area contributed by atoms with Crippen LogP contribution in [-0.2, 0) is 68.5 Å². The highest BCUT2D eigenvalue weighted by atomic mass is 16.7. The Bertz CT molecular complexity index is 2720. The highest BCUT2D eigenvalue weighted by Crippen LogP contribution is 2.44. The lowest BCUT2D eigenvalue weighted by Crippen LogP contribution is -2.63. The fourth-order valence-corrected chi connectivity index (χ4v) is 8.08. The number of esters is 4. The van der Waals surface area contributed by atoms with E-state index in [1.165, 1.54) is 37.3 Å². The van der Waals surface area contributed by atoms with Gasteiger partial charge in [-0.25, -0.2) is 9.59 Å². The Labute approximate surface area is 423 Å². The monoisotopic (exact) mass is 1030 g/mol. The predicted molar refractivity (Wildman–Crippen MR) is 256 cm³/mol. The van der Waals surface area contributed by atoms with E-state index >= 15 is 0 Å². The number of amides is 3. The summed E-state index contributed by atoms with van der Waals surface area (Å²) in [7, 11) is 0. The Morgan fingerprint density at radius 1 is 0.662 bits per heavy atom. The van der Waals surface area contributed by atoms with E-state index in [0.29, 0.717) is 0 Å². The first kappa shape index (κ1) is 54.7. The summed E-state index contributed by atoms with van der Waals surface area (Å²) in [5, 5.41) is 18.9. The van der Waals surface area contributed by atoms with Crippen molar-refractivity contribution in [3.05, 3.63) is 118 Å². The van der Waals surface area contributed by atoms with Crippen molar-refractivity contribution in [2.24, 2.45) is 5.92 Å². The number of ether oxygens (including phenoxy) is 9. The molecule has 6 rings (SSSR count). The van der Waals surface area contributed by atoms with Gasteiger partial charge in [-0.3, -0.25) is 38.9 Å². The zero-order chi connectivity index (χ0) is 53.8. The number of nitro benzene ring substituents is 1. The molecule has 1 saturated heterocycles. The number of hydrogen-bond donors (Lipinski definition) is 3. The van der Waals surface area contributed by atoms with Crippen LogP contribution in [0.2, 0.25) is 0 Å². The molecule has 4 aromatic carbocycles. The van der Waals surface area contributed by atoms with Crippen LogP contribution in [0.25, 0.3) is 11.1 Å². The van der Waals surface area contributed by atoms with Gasteiger partial charge in [-0.15, -0.1) is 0 Å². The van der Waals surface area contributed by atoms with Crippen LogP contribution in [0.15, 0.2) is 91.0 Å². The molecule has 392 valence electrons. The van der Waals surface area contributed by atoms with E-state index in [9.17, 15) is 48.5 Å². The lowest BCUT2D eigenvalue weighted by atomic mass is 9.98. The van der Waals surface area contributed by atoms with Crippen molar-refractivity contribution in [3.63, 3.8) is 0 Å². The van der Waals surface area contributed by atoms with Crippen molar-refractivity contribution < 1.29 is 85.9 Å². The maximum absolute atomic E-state index is 13.9. The molecule has 0 bridgehead atoms. The number of alkyl carbamates (subject to hydrolysis) is 1. The summed E-state index contributed by atoms with van der Waals surface area (Å²) in [5.41, 5.74) is 3.89. The molecule has 0 saturated carbocycles. The number of nitrogens with zero attached hydrogens (tertiary/aromatic N) is 1. The Hall–Kier alpha value is -8.60. The smallest absolute Gasteiger partial charge is 0.463 e. The number of anilines is 1. The molecular weight excluding hydrogens is 973 g/mol. The second-order valence-electron chi connectivity index (χ2n) is 17.3. The maximum Gasteiger partial charge on any atom is 0.514 e. The predicted octanol–water partition coefficient (Wildman–Crippen LogP) is 5.78. The standard InChI is InChI=1S/C51H54N4O19/c1-26(2)43(54-50(62)67-24-39-37-14-10-8-12-35(37)36-13-9-11-15-38(36)39)48(61)52-27(3)47(60)53-40-21-16-32(23-68-51(63)72-34-19-17-33(18-20-34)55(64)65)22-41(40)73-49-46(71-31(7)59)45(70-30(6)58)44(69-29(5)57)42(74-49)25-66-28(4)56/h8-22,26-27,39,42-46,49H,23-25H2,1-7H3,(H,52,61)(H,53,60)(H,54,62)/t27-,42-,43-,44-,45-,46+,49-/m0/s1. The third-order valence-corrected chi connectivity index (χ3v) is 11.4. The molecule has 0 aromatic heterocycles. The zero-order valence-corrected chi connectivity index (χ0v) is 41.2. The van der Waals surface area contributed by atoms with E-state index in [4.69, 9.17) is 42.6 Å². The van der Waals surface area contributed by atoms with Gasteiger partial charge in [0.05, 0.1) is 10.6 Å². The van der Waals surface area contributed by atoms with E-state index in [0.717, 1.165) is 62.1 Å². The number of rotatable bonds is 19. The molecule has 0 unspecified atom stereocenters. The first-order valence-corrected chi connectivity index (χ1v) is 23.1. The summed E-state index contributed by atoms with van der Waals surface area (Å²) in [5.74, 6) is -6.06. The molecule has 23 heteroatoms. The minimum Gasteiger partial charge on any atom is -0.463 e. The van der Waals surface area contributed by atoms with E-state index < -0.39 is 115 Å². The number of hydrogen-bond acceptors (Lipinski definition) is 19. The Morgan fingerprint density at radius 3 is 1.84 bits per heavy atom. The lowest BCUT2D eigenvalue weighted by Gasteiger charge is -2.44. The number of fused-ring (bicyclic) bond motifs is 3. The Morgan fingerprint density at radius 2 is 1.26 bits per heavy atom. The van der Waals surface area contributed by atoms with Crippen molar-refractivity contribution in [1.82, 2.24) is 10.6 Å². The van der Waals surface area contributed by atoms with Crippen LogP contribution in [-0.4, -0.2) is 109 Å². The van der Waals surface area contributed by atoms with Crippen LogP contribution < -0.4 is 25.4 Å². The van der Waals surface area contributed by atoms with Crippen LogP contribution in [0.4, 0.5) is 21.0 Å². The number of carbonyl (C=O) groups is 8. The van der Waals surface area contributed by atoms with E-state index in [-0.39, 0.29) is 41.0 Å². The summed E-state index contributed by atoms with van der Waals surface area (Å²) < 4.78 is 50.2. The first-order valence-electron chi connectivity index (χ1n) is 23.1. The van der Waals surface area contributed by atoms with Gasteiger partial charge in [0.25, 0.3) is 5.69 Å². The second kappa shape index (κ2) is 24.7. The minimum absolute atomic E-state index is 0.00968. The zero-order valence-electron chi connectivity index (χ0n) is 41.2. The molecule has 1 fully saturated rings. The van der Waals surface area contributed by atoms with E-state index in [1.54, 1.807) is 13.8 Å². The number of benzene rings is 4. The Kier molecular flexibility index (Phi) is 18.3. The molecule has 0 radical (unpaired) electrons. The molecule has 1 heterocycles. The quantitative estimate of drug-likeness (QED) is 0.0330. The molecule has 0 spiro atoms. The molecule has 1 aliphatic carbocycles. The van der Waals surface area contributed by atoms with E-state index in [1.807, 2.05) is 48.5 Å². The number of carbonyl (C=O) groups excluding carboxylic acids is 8. The van der Waals surface area contributed by atoms with E-state index in [2.05, 4.69) is 16.0 Å². The fourth-order valence-electron chi connectivity index (χ4n) is 8.08. The summed E-state index contributed by atoms with van der Waals surface area (Å²) in [4.78, 5) is 113. The number of nitro groups is 1. The third kappa shape index (κ3) is 14.3. The average molecular weight is 1030 g/mol. The van der Waals surface area contributed by atoms with Gasteiger partial charge in [0.1, 0.15) is 49.5 Å². The summed E-state index contributed by atoms with van der Waals surface area (Å²) >= 11 is 0. The largest absolute Gasteiger partial charge is 0.514 e. The van der Waals surface area contributed by atoms with Crippen LogP contribution in [0.3, 0.4) is 0 Å². The van der Waals surface area contributed by atoms with Crippen molar-refractivity contribution in [2.45, 2.75) is 104 Å². The van der Waals surface area contributed by atoms with Crippen LogP contribution in [0, 0.1) is 16.0 Å². The number of nitrogens with one attached hydrogen (secondary N) is 3. The van der Waals surface area contributed by atoms with Crippen molar-refractivity contribution in [2.75, 3.05) is 18.5 Å². The third-order valence-electron chi connectivity index (χ3n) is 11.4. The van der Waals surface area contributed by atoms with Crippen molar-refractivity contribution in [1.29, 1.82) is 0 Å². The minimum atomic E-state index is -1.79. The van der Waals surface area contributed by atoms with Gasteiger partial charge in [0, 0.05) is 45.7 Å².